The molecule has 0 bridgehead atoms. The summed E-state index contributed by atoms with van der Waals surface area (Å²) in [6.45, 7) is 2.09. The maximum atomic E-state index is 10.9. The van der Waals surface area contributed by atoms with Crippen molar-refractivity contribution in [3.8, 4) is 11.8 Å². The van der Waals surface area contributed by atoms with E-state index in [-0.39, 0.29) is 0 Å². The summed E-state index contributed by atoms with van der Waals surface area (Å²) in [6.07, 6.45) is 2.69. The summed E-state index contributed by atoms with van der Waals surface area (Å²) in [7, 11) is 0. The van der Waals surface area contributed by atoms with Crippen LogP contribution in [-0.2, 0) is 9.53 Å². The van der Waals surface area contributed by atoms with Crippen molar-refractivity contribution in [3.05, 3.63) is 46.0 Å². The standard InChI is InChI=1S/C13H10Cl2O2/c1-2-17-13(16)6-4-3-5-10-7-11(14)9-12(15)8-10/h4,6-9H,2H2,1H3/b6-4+. The molecule has 0 aliphatic heterocycles. The number of carbonyl (C=O) groups excluding carboxylic acids is 1. The number of rotatable bonds is 2. The Kier molecular flexibility index (Phi) is 5.62. The van der Waals surface area contributed by atoms with Gasteiger partial charge in [0, 0.05) is 21.7 Å². The average molecular weight is 269 g/mol. The molecule has 0 amide bonds. The van der Waals surface area contributed by atoms with Crippen molar-refractivity contribution in [3.63, 3.8) is 0 Å². The van der Waals surface area contributed by atoms with Gasteiger partial charge in [-0.1, -0.05) is 35.0 Å². The van der Waals surface area contributed by atoms with Gasteiger partial charge in [0.05, 0.1) is 6.61 Å². The number of carbonyl (C=O) groups is 1. The fourth-order valence-electron chi connectivity index (χ4n) is 1.05. The molecule has 0 spiro atoms. The Labute approximate surface area is 110 Å². The normalized spacial score (nSPS) is 9.82. The van der Waals surface area contributed by atoms with Gasteiger partial charge in [0.25, 0.3) is 0 Å². The highest BCUT2D eigenvalue weighted by atomic mass is 35.5. The van der Waals surface area contributed by atoms with E-state index in [2.05, 4.69) is 11.8 Å². The van der Waals surface area contributed by atoms with E-state index >= 15 is 0 Å². The van der Waals surface area contributed by atoms with Gasteiger partial charge in [-0.15, -0.1) is 0 Å². The molecule has 0 N–H and O–H groups in total. The SMILES string of the molecule is CCOC(=O)/C=C/C#Cc1cc(Cl)cc(Cl)c1. The summed E-state index contributed by atoms with van der Waals surface area (Å²) in [5.74, 6) is 5.10. The molecule has 0 saturated carbocycles. The number of allylic oxidation sites excluding steroid dienone is 1. The smallest absolute Gasteiger partial charge is 0.331 e. The lowest BCUT2D eigenvalue weighted by atomic mass is 10.2. The Morgan fingerprint density at radius 2 is 2.00 bits per heavy atom. The minimum atomic E-state index is -0.411. The number of benzene rings is 1. The van der Waals surface area contributed by atoms with Crippen molar-refractivity contribution in [1.29, 1.82) is 0 Å². The van der Waals surface area contributed by atoms with Gasteiger partial charge in [-0.25, -0.2) is 4.79 Å². The lowest BCUT2D eigenvalue weighted by molar-refractivity contribution is -0.137. The molecule has 1 aromatic rings. The highest BCUT2D eigenvalue weighted by molar-refractivity contribution is 6.34. The number of hydrogen-bond donors (Lipinski definition) is 0. The van der Waals surface area contributed by atoms with Crippen molar-refractivity contribution in [2.75, 3.05) is 6.61 Å². The Hall–Kier alpha value is -1.43. The Morgan fingerprint density at radius 3 is 2.59 bits per heavy atom. The van der Waals surface area contributed by atoms with E-state index in [1.165, 1.54) is 12.2 Å². The molecule has 0 heterocycles. The second-order valence-corrected chi connectivity index (χ2v) is 3.89. The summed E-state index contributed by atoms with van der Waals surface area (Å²) in [5, 5.41) is 1.05. The minimum absolute atomic E-state index is 0.348. The van der Waals surface area contributed by atoms with Crippen LogP contribution in [0.25, 0.3) is 0 Å². The predicted molar refractivity (Wildman–Crippen MR) is 69.1 cm³/mol. The van der Waals surface area contributed by atoms with Crippen LogP contribution in [0.15, 0.2) is 30.4 Å². The molecule has 4 heteroatoms. The molecule has 88 valence electrons. The van der Waals surface area contributed by atoms with Crippen LogP contribution < -0.4 is 0 Å². The van der Waals surface area contributed by atoms with Crippen LogP contribution in [0.1, 0.15) is 12.5 Å². The van der Waals surface area contributed by atoms with E-state index in [9.17, 15) is 4.79 Å². The van der Waals surface area contributed by atoms with Crippen LogP contribution in [0.5, 0.6) is 0 Å². The highest BCUT2D eigenvalue weighted by Gasteiger charge is 1.94. The quantitative estimate of drug-likeness (QED) is 0.467. The van der Waals surface area contributed by atoms with E-state index in [1.807, 2.05) is 0 Å². The molecular formula is C13H10Cl2O2. The van der Waals surface area contributed by atoms with Gasteiger partial charge in [-0.2, -0.15) is 0 Å². The van der Waals surface area contributed by atoms with Crippen LogP contribution in [0.4, 0.5) is 0 Å². The van der Waals surface area contributed by atoms with E-state index in [0.29, 0.717) is 22.2 Å². The van der Waals surface area contributed by atoms with Gasteiger partial charge >= 0.3 is 5.97 Å². The van der Waals surface area contributed by atoms with Gasteiger partial charge in [-0.05, 0) is 31.2 Å². The monoisotopic (exact) mass is 268 g/mol. The first-order chi connectivity index (χ1) is 8.11. The lowest BCUT2D eigenvalue weighted by Crippen LogP contribution is -1.98. The molecule has 0 aliphatic carbocycles. The van der Waals surface area contributed by atoms with Crippen LogP contribution in [0.3, 0.4) is 0 Å². The zero-order valence-corrected chi connectivity index (χ0v) is 10.7. The minimum Gasteiger partial charge on any atom is -0.463 e. The molecule has 17 heavy (non-hydrogen) atoms. The second-order valence-electron chi connectivity index (χ2n) is 3.01. The van der Waals surface area contributed by atoms with Gasteiger partial charge in [0.1, 0.15) is 0 Å². The van der Waals surface area contributed by atoms with E-state index < -0.39 is 5.97 Å². The van der Waals surface area contributed by atoms with Crippen molar-refractivity contribution >= 4 is 29.2 Å². The molecule has 0 aromatic heterocycles. The first-order valence-electron chi connectivity index (χ1n) is 4.92. The summed E-state index contributed by atoms with van der Waals surface area (Å²) >= 11 is 11.6. The van der Waals surface area contributed by atoms with E-state index in [0.717, 1.165) is 0 Å². The van der Waals surface area contributed by atoms with Crippen molar-refractivity contribution in [1.82, 2.24) is 0 Å². The summed E-state index contributed by atoms with van der Waals surface area (Å²) < 4.78 is 4.70. The molecule has 0 saturated heterocycles. The fraction of sp³-hybridized carbons (Fsp3) is 0.154. The number of hydrogen-bond acceptors (Lipinski definition) is 2. The summed E-state index contributed by atoms with van der Waals surface area (Å²) in [6, 6.07) is 5.01. The Bertz CT molecular complexity index is 476. The molecule has 0 radical (unpaired) electrons. The molecule has 1 rings (SSSR count). The molecule has 0 fully saturated rings. The van der Waals surface area contributed by atoms with Gasteiger partial charge in [-0.3, -0.25) is 0 Å². The highest BCUT2D eigenvalue weighted by Crippen LogP contribution is 2.18. The number of esters is 1. The molecule has 0 atom stereocenters. The van der Waals surface area contributed by atoms with Crippen molar-refractivity contribution in [2.45, 2.75) is 6.92 Å². The maximum Gasteiger partial charge on any atom is 0.331 e. The Balaban J connectivity index is 2.69. The van der Waals surface area contributed by atoms with Crippen LogP contribution in [0, 0.1) is 11.8 Å². The number of halogens is 2. The van der Waals surface area contributed by atoms with Crippen molar-refractivity contribution in [2.24, 2.45) is 0 Å². The molecule has 0 aliphatic rings. The van der Waals surface area contributed by atoms with Crippen molar-refractivity contribution < 1.29 is 9.53 Å². The molecule has 0 unspecified atom stereocenters. The lowest BCUT2D eigenvalue weighted by Gasteiger charge is -1.94. The van der Waals surface area contributed by atoms with Crippen LogP contribution in [0.2, 0.25) is 10.0 Å². The predicted octanol–water partition coefficient (Wildman–Crippen LogP) is 3.46. The van der Waals surface area contributed by atoms with E-state index in [1.54, 1.807) is 25.1 Å². The van der Waals surface area contributed by atoms with Gasteiger partial charge in [0.15, 0.2) is 0 Å². The third-order valence-electron chi connectivity index (χ3n) is 1.67. The zero-order chi connectivity index (χ0) is 12.7. The summed E-state index contributed by atoms with van der Waals surface area (Å²) in [5.41, 5.74) is 0.691. The Morgan fingerprint density at radius 1 is 1.35 bits per heavy atom. The first kappa shape index (κ1) is 13.6. The first-order valence-corrected chi connectivity index (χ1v) is 5.68. The van der Waals surface area contributed by atoms with Crippen LogP contribution >= 0.6 is 23.2 Å². The fourth-order valence-corrected chi connectivity index (χ4v) is 1.58. The second kappa shape index (κ2) is 7.01. The van der Waals surface area contributed by atoms with Gasteiger partial charge < -0.3 is 4.74 Å². The third-order valence-corrected chi connectivity index (χ3v) is 2.10. The third kappa shape index (κ3) is 5.44. The maximum absolute atomic E-state index is 10.9. The molecule has 1 aromatic carbocycles. The van der Waals surface area contributed by atoms with E-state index in [4.69, 9.17) is 27.9 Å². The molecular weight excluding hydrogens is 259 g/mol. The number of ether oxygens (including phenoxy) is 1. The topological polar surface area (TPSA) is 26.3 Å². The van der Waals surface area contributed by atoms with Gasteiger partial charge in [0.2, 0.25) is 0 Å². The summed E-state index contributed by atoms with van der Waals surface area (Å²) in [4.78, 5) is 10.9. The zero-order valence-electron chi connectivity index (χ0n) is 9.17. The average Bonchev–Trinajstić information content (AvgIpc) is 2.23. The largest absolute Gasteiger partial charge is 0.463 e. The van der Waals surface area contributed by atoms with Crippen LogP contribution in [-0.4, -0.2) is 12.6 Å². The molecule has 2 nitrogen and oxygen atoms in total.